The minimum absolute atomic E-state index is 0.500. The lowest BCUT2D eigenvalue weighted by atomic mass is 9.63. The van der Waals surface area contributed by atoms with Gasteiger partial charge in [0.1, 0.15) is 0 Å². The molecule has 1 heteroatoms. The van der Waals surface area contributed by atoms with Gasteiger partial charge < -0.3 is 4.42 Å². The third-order valence-corrected chi connectivity index (χ3v) is 7.50. The molecule has 0 aliphatic heterocycles. The van der Waals surface area contributed by atoms with Crippen molar-refractivity contribution in [3.05, 3.63) is 24.2 Å². The molecule has 5 atom stereocenters. The van der Waals surface area contributed by atoms with Crippen LogP contribution >= 0.6 is 0 Å². The number of hydrogen-bond donors (Lipinski definition) is 0. The molecule has 0 spiro atoms. The van der Waals surface area contributed by atoms with Crippen molar-refractivity contribution in [3.63, 3.8) is 0 Å². The minimum atomic E-state index is 0.500. The van der Waals surface area contributed by atoms with Crippen molar-refractivity contribution in [2.75, 3.05) is 0 Å². The van der Waals surface area contributed by atoms with Crippen molar-refractivity contribution in [1.82, 2.24) is 0 Å². The first-order valence-electron chi connectivity index (χ1n) is 12.1. The van der Waals surface area contributed by atoms with Crippen LogP contribution in [0.3, 0.4) is 0 Å². The molecule has 1 aromatic heterocycles. The van der Waals surface area contributed by atoms with Crippen molar-refractivity contribution < 1.29 is 4.42 Å². The largest absolute Gasteiger partial charge is 0.472 e. The molecule has 2 saturated carbocycles. The highest BCUT2D eigenvalue weighted by Crippen LogP contribution is 2.47. The van der Waals surface area contributed by atoms with E-state index in [0.717, 1.165) is 23.7 Å². The normalized spacial score (nSPS) is 35.3. The summed E-state index contributed by atoms with van der Waals surface area (Å²) in [6.07, 6.45) is 14.9. The van der Waals surface area contributed by atoms with Crippen molar-refractivity contribution >= 4 is 0 Å². The summed E-state index contributed by atoms with van der Waals surface area (Å²) in [5.41, 5.74) is 2.55. The lowest BCUT2D eigenvalue weighted by Gasteiger charge is -2.43. The average molecular weight is 389 g/mol. The van der Waals surface area contributed by atoms with Crippen molar-refractivity contribution in [3.8, 4) is 0 Å². The van der Waals surface area contributed by atoms with E-state index < -0.39 is 0 Å². The van der Waals surface area contributed by atoms with Gasteiger partial charge in [0.05, 0.1) is 12.5 Å². The molecule has 2 aliphatic carbocycles. The summed E-state index contributed by atoms with van der Waals surface area (Å²) in [7, 11) is 0. The monoisotopic (exact) mass is 388 g/mol. The highest BCUT2D eigenvalue weighted by atomic mass is 16.3. The Morgan fingerprint density at radius 2 is 1.68 bits per heavy atom. The van der Waals surface area contributed by atoms with Gasteiger partial charge in [-0.3, -0.25) is 0 Å². The zero-order valence-corrected chi connectivity index (χ0v) is 20.2. The standard InChI is InChI=1S/C14H28.C13H20O/c1-6-7-14(5)9-12(4)8-13(10-14)11(2)3;1-10-6-12(8-13(2,3)7-10)11-4-5-14-9-11/h11-13H,6-10H2,1-5H3;4-5,9-10,12H,6-8H2,1-3H3. The first-order chi connectivity index (χ1) is 13.0. The van der Waals surface area contributed by atoms with Gasteiger partial charge in [0.2, 0.25) is 0 Å². The molecule has 1 heterocycles. The first-order valence-corrected chi connectivity index (χ1v) is 12.1. The zero-order valence-electron chi connectivity index (χ0n) is 20.2. The maximum absolute atomic E-state index is 5.17. The van der Waals surface area contributed by atoms with Gasteiger partial charge in [0.15, 0.2) is 0 Å². The van der Waals surface area contributed by atoms with E-state index in [-0.39, 0.29) is 0 Å². The first kappa shape index (κ1) is 23.6. The summed E-state index contributed by atoms with van der Waals surface area (Å²) < 4.78 is 5.17. The van der Waals surface area contributed by atoms with Crippen LogP contribution in [0, 0.1) is 34.5 Å². The molecule has 0 radical (unpaired) electrons. The van der Waals surface area contributed by atoms with Gasteiger partial charge >= 0.3 is 0 Å². The maximum atomic E-state index is 5.17. The van der Waals surface area contributed by atoms with E-state index >= 15 is 0 Å². The van der Waals surface area contributed by atoms with E-state index in [1.54, 1.807) is 6.26 Å². The maximum Gasteiger partial charge on any atom is 0.0937 e. The second kappa shape index (κ2) is 9.86. The van der Waals surface area contributed by atoms with E-state index in [1.165, 1.54) is 56.9 Å². The Morgan fingerprint density at radius 1 is 1.00 bits per heavy atom. The fraction of sp³-hybridized carbons (Fsp3) is 0.852. The summed E-state index contributed by atoms with van der Waals surface area (Å²) in [5.74, 6) is 4.38. The molecule has 2 fully saturated rings. The van der Waals surface area contributed by atoms with Gasteiger partial charge in [-0.2, -0.15) is 0 Å². The topological polar surface area (TPSA) is 13.1 Å². The SMILES string of the molecule is CC1CC(c2ccoc2)CC(C)(C)C1.CCCC1(C)CC(C)CC(C(C)C)C1. The van der Waals surface area contributed by atoms with Gasteiger partial charge in [0, 0.05) is 0 Å². The van der Waals surface area contributed by atoms with Crippen LogP contribution in [-0.4, -0.2) is 0 Å². The van der Waals surface area contributed by atoms with Crippen LogP contribution in [0.4, 0.5) is 0 Å². The van der Waals surface area contributed by atoms with Crippen LogP contribution in [0.1, 0.15) is 118 Å². The van der Waals surface area contributed by atoms with Gasteiger partial charge in [-0.05, 0) is 97.0 Å². The summed E-state index contributed by atoms with van der Waals surface area (Å²) in [5, 5.41) is 0. The van der Waals surface area contributed by atoms with Gasteiger partial charge in [0.25, 0.3) is 0 Å². The van der Waals surface area contributed by atoms with E-state index in [2.05, 4.69) is 61.5 Å². The van der Waals surface area contributed by atoms with Crippen LogP contribution in [0.15, 0.2) is 23.0 Å². The van der Waals surface area contributed by atoms with Gasteiger partial charge in [-0.25, -0.2) is 0 Å². The molecule has 1 aromatic rings. The van der Waals surface area contributed by atoms with E-state index in [4.69, 9.17) is 4.42 Å². The Kier molecular flexibility index (Phi) is 8.29. The lowest BCUT2D eigenvalue weighted by Crippen LogP contribution is -2.32. The van der Waals surface area contributed by atoms with Crippen LogP contribution in [0.5, 0.6) is 0 Å². The smallest absolute Gasteiger partial charge is 0.0937 e. The predicted octanol–water partition coefficient (Wildman–Crippen LogP) is 9.09. The zero-order chi connectivity index (χ0) is 20.9. The van der Waals surface area contributed by atoms with Gasteiger partial charge in [-0.1, -0.05) is 61.8 Å². The lowest BCUT2D eigenvalue weighted by molar-refractivity contribution is 0.0812. The highest BCUT2D eigenvalue weighted by Gasteiger charge is 2.36. The number of rotatable bonds is 4. The summed E-state index contributed by atoms with van der Waals surface area (Å²) in [6, 6.07) is 2.12. The Balaban J connectivity index is 0.000000200. The minimum Gasteiger partial charge on any atom is -0.472 e. The molecule has 2 aliphatic rings. The molecule has 0 saturated heterocycles. The van der Waals surface area contributed by atoms with Crippen LogP contribution in [0.2, 0.25) is 0 Å². The van der Waals surface area contributed by atoms with Crippen LogP contribution in [0.25, 0.3) is 0 Å². The van der Waals surface area contributed by atoms with Crippen molar-refractivity contribution in [1.29, 1.82) is 0 Å². The molecule has 3 rings (SSSR count). The third-order valence-electron chi connectivity index (χ3n) is 7.50. The van der Waals surface area contributed by atoms with E-state index in [0.29, 0.717) is 16.7 Å². The molecule has 0 aromatic carbocycles. The van der Waals surface area contributed by atoms with Crippen LogP contribution in [-0.2, 0) is 0 Å². The average Bonchev–Trinajstić information content (AvgIpc) is 3.07. The summed E-state index contributed by atoms with van der Waals surface area (Å²) >= 11 is 0. The van der Waals surface area contributed by atoms with Crippen molar-refractivity contribution in [2.24, 2.45) is 34.5 Å². The van der Waals surface area contributed by atoms with Crippen molar-refractivity contribution in [2.45, 2.75) is 113 Å². The Labute approximate surface area is 176 Å². The fourth-order valence-electron chi connectivity index (χ4n) is 6.66. The quantitative estimate of drug-likeness (QED) is 0.501. The highest BCUT2D eigenvalue weighted by molar-refractivity contribution is 5.14. The fourth-order valence-corrected chi connectivity index (χ4v) is 6.66. The second-order valence-corrected chi connectivity index (χ2v) is 12.0. The molecule has 28 heavy (non-hydrogen) atoms. The van der Waals surface area contributed by atoms with E-state index in [9.17, 15) is 0 Å². The molecule has 0 N–H and O–H groups in total. The Bertz CT molecular complexity index is 555. The molecule has 0 amide bonds. The Morgan fingerprint density at radius 3 is 2.21 bits per heavy atom. The molecule has 5 unspecified atom stereocenters. The third kappa shape index (κ3) is 6.96. The van der Waals surface area contributed by atoms with Crippen LogP contribution < -0.4 is 0 Å². The van der Waals surface area contributed by atoms with E-state index in [1.807, 2.05) is 6.26 Å². The molecular weight excluding hydrogens is 340 g/mol. The Hall–Kier alpha value is -0.720. The molecule has 162 valence electrons. The molecule has 1 nitrogen and oxygen atoms in total. The molecular formula is C27H48O. The summed E-state index contributed by atoms with van der Waals surface area (Å²) in [4.78, 5) is 0. The number of furan rings is 1. The van der Waals surface area contributed by atoms with Gasteiger partial charge in [-0.15, -0.1) is 0 Å². The molecule has 0 bridgehead atoms. The number of hydrogen-bond acceptors (Lipinski definition) is 1. The predicted molar refractivity (Wildman–Crippen MR) is 123 cm³/mol. The summed E-state index contributed by atoms with van der Waals surface area (Å²) in [6.45, 7) is 19.2. The second-order valence-electron chi connectivity index (χ2n) is 12.0.